The second-order valence-electron chi connectivity index (χ2n) is 4.55. The van der Waals surface area contributed by atoms with Crippen molar-refractivity contribution in [3.8, 4) is 0 Å². The van der Waals surface area contributed by atoms with Gasteiger partial charge >= 0.3 is 0 Å². The van der Waals surface area contributed by atoms with Crippen molar-refractivity contribution < 1.29 is 4.74 Å². The summed E-state index contributed by atoms with van der Waals surface area (Å²) < 4.78 is 8.37. The zero-order valence-electron chi connectivity index (χ0n) is 9.77. The number of fused-ring (bicyclic) bond motifs is 1. The summed E-state index contributed by atoms with van der Waals surface area (Å²) in [4.78, 5) is 7.71. The van der Waals surface area contributed by atoms with Crippen LogP contribution in [0.2, 0.25) is 0 Å². The van der Waals surface area contributed by atoms with E-state index in [0.29, 0.717) is 6.04 Å². The highest BCUT2D eigenvalue weighted by molar-refractivity contribution is 7.71. The van der Waals surface area contributed by atoms with E-state index in [1.807, 2.05) is 13.1 Å². The molecule has 5 heteroatoms. The van der Waals surface area contributed by atoms with Crippen LogP contribution in [0.4, 0.5) is 0 Å². The van der Waals surface area contributed by atoms with Crippen LogP contribution in [0.5, 0.6) is 0 Å². The number of ether oxygens (including phenoxy) is 1. The highest BCUT2D eigenvalue weighted by Crippen LogP contribution is 2.24. The average Bonchev–Trinajstić information content (AvgIpc) is 2.65. The lowest BCUT2D eigenvalue weighted by molar-refractivity contribution is 0.0599. The minimum Gasteiger partial charge on any atom is -0.379 e. The summed E-state index contributed by atoms with van der Waals surface area (Å²) in [5.41, 5.74) is 3.09. The minimum atomic E-state index is 0.320. The van der Waals surface area contributed by atoms with Gasteiger partial charge in [0.05, 0.1) is 18.2 Å². The maximum Gasteiger partial charge on any atom is 0.179 e. The third kappa shape index (κ3) is 1.89. The molecule has 0 amide bonds. The van der Waals surface area contributed by atoms with Gasteiger partial charge in [-0.05, 0) is 43.6 Å². The quantitative estimate of drug-likeness (QED) is 0.790. The van der Waals surface area contributed by atoms with Crippen LogP contribution in [0.15, 0.2) is 12.3 Å². The van der Waals surface area contributed by atoms with Gasteiger partial charge in [0.1, 0.15) is 0 Å². The van der Waals surface area contributed by atoms with E-state index < -0.39 is 0 Å². The molecule has 2 aromatic heterocycles. The van der Waals surface area contributed by atoms with E-state index >= 15 is 0 Å². The number of hydrogen-bond acceptors (Lipinski definition) is 3. The van der Waals surface area contributed by atoms with Crippen molar-refractivity contribution in [1.29, 1.82) is 0 Å². The summed E-state index contributed by atoms with van der Waals surface area (Å²) in [5, 5.41) is 0. The number of aryl methyl sites for hydroxylation is 1. The summed E-state index contributed by atoms with van der Waals surface area (Å²) in [6.45, 7) is 3.62. The summed E-state index contributed by atoms with van der Waals surface area (Å²) in [7, 11) is 0. The Morgan fingerprint density at radius 1 is 1.59 bits per heavy atom. The molecule has 90 valence electrons. The Balaban J connectivity index is 2.14. The van der Waals surface area contributed by atoms with Gasteiger partial charge in [-0.25, -0.2) is 4.98 Å². The maximum atomic E-state index is 5.52. The van der Waals surface area contributed by atoms with Crippen molar-refractivity contribution in [3.63, 3.8) is 0 Å². The number of rotatable bonds is 1. The van der Waals surface area contributed by atoms with E-state index in [9.17, 15) is 0 Å². The summed E-state index contributed by atoms with van der Waals surface area (Å²) >= 11 is 5.39. The van der Waals surface area contributed by atoms with Crippen LogP contribution in [0, 0.1) is 11.7 Å². The molecule has 4 nitrogen and oxygen atoms in total. The number of pyridine rings is 1. The second kappa shape index (κ2) is 4.23. The van der Waals surface area contributed by atoms with Crippen molar-refractivity contribution in [2.45, 2.75) is 25.8 Å². The smallest absolute Gasteiger partial charge is 0.179 e. The molecule has 3 rings (SSSR count). The third-order valence-corrected chi connectivity index (χ3v) is 3.49. The van der Waals surface area contributed by atoms with Crippen LogP contribution in [-0.2, 0) is 4.74 Å². The molecule has 0 bridgehead atoms. The molecule has 1 aliphatic heterocycles. The monoisotopic (exact) mass is 249 g/mol. The Labute approximate surface area is 105 Å². The first-order valence-corrected chi connectivity index (χ1v) is 6.31. The average molecular weight is 249 g/mol. The Morgan fingerprint density at radius 3 is 3.24 bits per heavy atom. The van der Waals surface area contributed by atoms with Gasteiger partial charge in [-0.15, -0.1) is 0 Å². The lowest BCUT2D eigenvalue weighted by Gasteiger charge is -2.23. The van der Waals surface area contributed by atoms with Gasteiger partial charge in [-0.1, -0.05) is 0 Å². The van der Waals surface area contributed by atoms with Crippen LogP contribution in [-0.4, -0.2) is 27.7 Å². The van der Waals surface area contributed by atoms with Crippen molar-refractivity contribution in [2.75, 3.05) is 13.2 Å². The minimum absolute atomic E-state index is 0.320. The summed E-state index contributed by atoms with van der Waals surface area (Å²) in [6, 6.07) is 2.40. The molecule has 0 aromatic carbocycles. The molecule has 17 heavy (non-hydrogen) atoms. The Kier molecular flexibility index (Phi) is 2.72. The van der Waals surface area contributed by atoms with Crippen LogP contribution in [0.3, 0.4) is 0 Å². The van der Waals surface area contributed by atoms with Gasteiger partial charge < -0.3 is 9.72 Å². The summed E-state index contributed by atoms with van der Waals surface area (Å²) in [5.74, 6) is 0. The second-order valence-corrected chi connectivity index (χ2v) is 4.94. The Hall–Kier alpha value is -1.20. The molecule has 1 unspecified atom stereocenters. The van der Waals surface area contributed by atoms with Crippen LogP contribution in [0.25, 0.3) is 11.2 Å². The number of nitrogens with one attached hydrogen (secondary N) is 1. The fourth-order valence-corrected chi connectivity index (χ4v) is 2.73. The van der Waals surface area contributed by atoms with Crippen LogP contribution < -0.4 is 0 Å². The number of nitrogens with zero attached hydrogens (tertiary/aromatic N) is 2. The molecule has 1 fully saturated rings. The molecule has 1 atom stereocenters. The van der Waals surface area contributed by atoms with E-state index in [-0.39, 0.29) is 0 Å². The van der Waals surface area contributed by atoms with Crippen molar-refractivity contribution in [3.05, 3.63) is 22.6 Å². The fourth-order valence-electron chi connectivity index (χ4n) is 2.38. The van der Waals surface area contributed by atoms with Crippen molar-refractivity contribution in [2.24, 2.45) is 0 Å². The van der Waals surface area contributed by atoms with E-state index in [0.717, 1.165) is 47.6 Å². The largest absolute Gasteiger partial charge is 0.379 e. The molecule has 1 N–H and O–H groups in total. The van der Waals surface area contributed by atoms with Crippen molar-refractivity contribution >= 4 is 23.4 Å². The molecular weight excluding hydrogens is 234 g/mol. The normalized spacial score (nSPS) is 20.9. The lowest BCUT2D eigenvalue weighted by atomic mass is 10.1. The van der Waals surface area contributed by atoms with Gasteiger partial charge in [0.15, 0.2) is 10.4 Å². The number of imidazole rings is 1. The molecule has 0 radical (unpaired) electrons. The molecule has 1 saturated heterocycles. The van der Waals surface area contributed by atoms with E-state index in [4.69, 9.17) is 17.0 Å². The Bertz CT molecular complexity index is 595. The first kappa shape index (κ1) is 10.9. The third-order valence-electron chi connectivity index (χ3n) is 3.19. The fraction of sp³-hybridized carbons (Fsp3) is 0.500. The number of aromatic nitrogens is 3. The molecular formula is C12H15N3OS. The maximum absolute atomic E-state index is 5.52. The highest BCUT2D eigenvalue weighted by atomic mass is 32.1. The zero-order valence-corrected chi connectivity index (χ0v) is 10.6. The zero-order chi connectivity index (χ0) is 11.8. The van der Waals surface area contributed by atoms with Crippen LogP contribution >= 0.6 is 12.2 Å². The molecule has 1 aliphatic rings. The van der Waals surface area contributed by atoms with Crippen LogP contribution in [0.1, 0.15) is 24.4 Å². The standard InChI is InChI=1S/C12H15N3OS/c1-8-5-10-11(13-6-8)15(12(17)14-10)9-3-2-4-16-7-9/h5-6,9H,2-4,7H2,1H3,(H,14,17). The van der Waals surface area contributed by atoms with Crippen molar-refractivity contribution in [1.82, 2.24) is 14.5 Å². The SMILES string of the molecule is Cc1cnc2c(c1)[nH]c(=S)n2C1CCCOC1. The van der Waals surface area contributed by atoms with Gasteiger partial charge in [0.2, 0.25) is 0 Å². The highest BCUT2D eigenvalue weighted by Gasteiger charge is 2.19. The van der Waals surface area contributed by atoms with E-state index in [2.05, 4.69) is 20.6 Å². The lowest BCUT2D eigenvalue weighted by Crippen LogP contribution is -2.21. The summed E-state index contributed by atoms with van der Waals surface area (Å²) in [6.07, 6.45) is 4.08. The Morgan fingerprint density at radius 2 is 2.47 bits per heavy atom. The number of H-pyrrole nitrogens is 1. The molecule has 3 heterocycles. The van der Waals surface area contributed by atoms with Gasteiger partial charge in [0.25, 0.3) is 0 Å². The topological polar surface area (TPSA) is 42.8 Å². The van der Waals surface area contributed by atoms with E-state index in [1.54, 1.807) is 0 Å². The first-order chi connectivity index (χ1) is 8.25. The molecule has 0 saturated carbocycles. The first-order valence-electron chi connectivity index (χ1n) is 5.90. The molecule has 0 spiro atoms. The predicted octanol–water partition coefficient (Wildman–Crippen LogP) is 2.75. The number of aromatic amines is 1. The number of hydrogen-bond donors (Lipinski definition) is 1. The molecule has 2 aromatic rings. The van der Waals surface area contributed by atoms with Gasteiger partial charge in [-0.3, -0.25) is 4.57 Å². The van der Waals surface area contributed by atoms with Gasteiger partial charge in [0, 0.05) is 12.8 Å². The molecule has 0 aliphatic carbocycles. The predicted molar refractivity (Wildman–Crippen MR) is 68.7 cm³/mol. The van der Waals surface area contributed by atoms with E-state index in [1.165, 1.54) is 0 Å². The van der Waals surface area contributed by atoms with Gasteiger partial charge in [-0.2, -0.15) is 0 Å².